The van der Waals surface area contributed by atoms with E-state index < -0.39 is 5.69 Å². The topological polar surface area (TPSA) is 64.3 Å². The third-order valence-corrected chi connectivity index (χ3v) is 5.68. The van der Waals surface area contributed by atoms with E-state index in [2.05, 4.69) is 6.92 Å². The third kappa shape index (κ3) is 3.95. The molecule has 0 aliphatic rings. The number of anilines is 1. The smallest absolute Gasteiger partial charge is 0.311 e. The Morgan fingerprint density at radius 1 is 1.00 bits per heavy atom. The van der Waals surface area contributed by atoms with Crippen molar-refractivity contribution in [2.24, 2.45) is 0 Å². The monoisotopic (exact) mass is 407 g/mol. The number of amides is 1. The van der Waals surface area contributed by atoms with Crippen molar-refractivity contribution in [2.75, 3.05) is 11.4 Å². The maximum atomic E-state index is 13.2. The molecule has 1 aromatic heterocycles. The molecule has 0 aliphatic carbocycles. The molecule has 1 unspecified atom stereocenters. The van der Waals surface area contributed by atoms with Crippen molar-refractivity contribution < 1.29 is 4.79 Å². The number of benzene rings is 2. The first-order valence-corrected chi connectivity index (χ1v) is 10.6. The highest BCUT2D eigenvalue weighted by Crippen LogP contribution is 2.17. The first kappa shape index (κ1) is 21.6. The molecule has 2 aromatic carbocycles. The van der Waals surface area contributed by atoms with Gasteiger partial charge in [0.15, 0.2) is 0 Å². The highest BCUT2D eigenvalue weighted by molar-refractivity contribution is 5.94. The Morgan fingerprint density at radius 2 is 1.67 bits per heavy atom. The Balaban J connectivity index is 2.08. The fourth-order valence-electron chi connectivity index (χ4n) is 3.70. The van der Waals surface area contributed by atoms with E-state index in [9.17, 15) is 14.4 Å². The summed E-state index contributed by atoms with van der Waals surface area (Å²) < 4.78 is 2.69. The Morgan fingerprint density at radius 3 is 2.27 bits per heavy atom. The van der Waals surface area contributed by atoms with Gasteiger partial charge in [-0.1, -0.05) is 38.1 Å². The fraction of sp³-hybridized carbons (Fsp3) is 0.375. The molecule has 1 atom stereocenters. The molecule has 0 N–H and O–H groups in total. The summed E-state index contributed by atoms with van der Waals surface area (Å²) in [5.74, 6) is -0.191. The number of aromatic nitrogens is 2. The normalized spacial score (nSPS) is 12.1. The van der Waals surface area contributed by atoms with Crippen molar-refractivity contribution in [3.8, 4) is 0 Å². The van der Waals surface area contributed by atoms with Gasteiger partial charge in [0.2, 0.25) is 5.91 Å². The van der Waals surface area contributed by atoms with Gasteiger partial charge in [0.1, 0.15) is 6.54 Å². The Labute approximate surface area is 176 Å². The zero-order chi connectivity index (χ0) is 21.8. The molecule has 0 spiro atoms. The molecule has 1 amide bonds. The second-order valence-corrected chi connectivity index (χ2v) is 7.48. The number of fused-ring (bicyclic) bond motifs is 1. The van der Waals surface area contributed by atoms with Crippen LogP contribution in [0.25, 0.3) is 10.9 Å². The van der Waals surface area contributed by atoms with Crippen molar-refractivity contribution in [2.45, 2.75) is 53.1 Å². The van der Waals surface area contributed by atoms with Crippen molar-refractivity contribution >= 4 is 22.5 Å². The molecular formula is C24H29N3O3. The second kappa shape index (κ2) is 9.11. The van der Waals surface area contributed by atoms with Gasteiger partial charge in [0, 0.05) is 18.3 Å². The van der Waals surface area contributed by atoms with Crippen molar-refractivity contribution in [3.63, 3.8) is 0 Å². The first-order valence-electron chi connectivity index (χ1n) is 10.6. The first-order chi connectivity index (χ1) is 14.4. The van der Waals surface area contributed by atoms with E-state index in [1.807, 2.05) is 45.0 Å². The van der Waals surface area contributed by atoms with Crippen LogP contribution in [0.4, 0.5) is 5.69 Å². The molecule has 0 aliphatic heterocycles. The third-order valence-electron chi connectivity index (χ3n) is 5.68. The summed E-state index contributed by atoms with van der Waals surface area (Å²) >= 11 is 0. The number of carbonyl (C=O) groups is 1. The van der Waals surface area contributed by atoms with E-state index in [-0.39, 0.29) is 24.1 Å². The van der Waals surface area contributed by atoms with Crippen LogP contribution in [-0.2, 0) is 17.8 Å². The van der Waals surface area contributed by atoms with Crippen LogP contribution in [0.3, 0.4) is 0 Å². The fourth-order valence-corrected chi connectivity index (χ4v) is 3.70. The minimum atomic E-state index is -0.446. The van der Waals surface area contributed by atoms with Crippen LogP contribution < -0.4 is 16.1 Å². The van der Waals surface area contributed by atoms with Crippen LogP contribution in [0, 0.1) is 0 Å². The molecule has 6 heteroatoms. The maximum absolute atomic E-state index is 13.2. The summed E-state index contributed by atoms with van der Waals surface area (Å²) in [6, 6.07) is 14.6. The minimum Gasteiger partial charge on any atom is -0.311 e. The summed E-state index contributed by atoms with van der Waals surface area (Å²) in [6.07, 6.45) is 1.57. The molecule has 0 bridgehead atoms. The van der Waals surface area contributed by atoms with E-state index in [4.69, 9.17) is 0 Å². The number of likely N-dealkylation sites (N-methyl/N-ethyl adjacent to an activating group) is 1. The minimum absolute atomic E-state index is 0.126. The average Bonchev–Trinajstić information content (AvgIpc) is 2.77. The number of hydrogen-bond donors (Lipinski definition) is 0. The molecule has 0 saturated heterocycles. The largest absolute Gasteiger partial charge is 0.332 e. The predicted molar refractivity (Wildman–Crippen MR) is 121 cm³/mol. The average molecular weight is 408 g/mol. The van der Waals surface area contributed by atoms with Crippen LogP contribution >= 0.6 is 0 Å². The van der Waals surface area contributed by atoms with E-state index in [0.717, 1.165) is 12.1 Å². The van der Waals surface area contributed by atoms with Gasteiger partial charge in [0.05, 0.1) is 10.9 Å². The molecule has 1 heterocycles. The Hall–Kier alpha value is -3.15. The van der Waals surface area contributed by atoms with Crippen LogP contribution in [0.1, 0.15) is 45.7 Å². The molecule has 0 radical (unpaired) electrons. The lowest BCUT2D eigenvalue weighted by Gasteiger charge is -2.23. The van der Waals surface area contributed by atoms with Gasteiger partial charge in [-0.15, -0.1) is 0 Å². The van der Waals surface area contributed by atoms with Crippen LogP contribution in [0.2, 0.25) is 0 Å². The second-order valence-electron chi connectivity index (χ2n) is 7.48. The summed E-state index contributed by atoms with van der Waals surface area (Å²) in [5, 5.41) is 0.445. The van der Waals surface area contributed by atoms with Crippen LogP contribution in [0.5, 0.6) is 0 Å². The number of para-hydroxylation sites is 1. The zero-order valence-corrected chi connectivity index (χ0v) is 18.1. The van der Waals surface area contributed by atoms with E-state index in [1.165, 1.54) is 14.7 Å². The quantitative estimate of drug-likeness (QED) is 0.599. The highest BCUT2D eigenvalue weighted by atomic mass is 16.2. The van der Waals surface area contributed by atoms with E-state index >= 15 is 0 Å². The molecule has 158 valence electrons. The number of aryl methyl sites for hydroxylation is 1. The van der Waals surface area contributed by atoms with Gasteiger partial charge in [-0.2, -0.15) is 0 Å². The summed E-state index contributed by atoms with van der Waals surface area (Å²) in [5.41, 5.74) is 1.73. The lowest BCUT2D eigenvalue weighted by molar-refractivity contribution is -0.119. The van der Waals surface area contributed by atoms with Gasteiger partial charge < -0.3 is 4.90 Å². The standard InChI is InChI=1S/C24H29N3O3/c1-5-17(4)27-23(29)20-10-8-9-11-21(20)26(24(27)30)16-22(28)25(7-3)19-14-12-18(6-2)13-15-19/h8-15,17H,5-7,16H2,1-4H3. The predicted octanol–water partition coefficient (Wildman–Crippen LogP) is 3.75. The van der Waals surface area contributed by atoms with Gasteiger partial charge in [-0.05, 0) is 56.5 Å². The van der Waals surface area contributed by atoms with Crippen molar-refractivity contribution in [1.29, 1.82) is 0 Å². The lowest BCUT2D eigenvalue weighted by Crippen LogP contribution is -2.44. The summed E-state index contributed by atoms with van der Waals surface area (Å²) in [4.78, 5) is 41.0. The maximum Gasteiger partial charge on any atom is 0.332 e. The van der Waals surface area contributed by atoms with Gasteiger partial charge in [0.25, 0.3) is 5.56 Å². The van der Waals surface area contributed by atoms with Gasteiger partial charge in [-0.25, -0.2) is 4.79 Å². The Bertz CT molecular complexity index is 1160. The summed E-state index contributed by atoms with van der Waals surface area (Å²) in [6.45, 7) is 8.13. The number of nitrogens with zero attached hydrogens (tertiary/aromatic N) is 3. The molecule has 3 aromatic rings. The molecule has 0 fully saturated rings. The van der Waals surface area contributed by atoms with Crippen LogP contribution in [-0.4, -0.2) is 21.6 Å². The van der Waals surface area contributed by atoms with Crippen molar-refractivity contribution in [1.82, 2.24) is 9.13 Å². The number of hydrogen-bond acceptors (Lipinski definition) is 3. The van der Waals surface area contributed by atoms with Crippen LogP contribution in [0.15, 0.2) is 58.1 Å². The lowest BCUT2D eigenvalue weighted by atomic mass is 10.1. The number of carbonyl (C=O) groups excluding carboxylic acids is 1. The molecule has 30 heavy (non-hydrogen) atoms. The number of rotatable bonds is 7. The molecular weight excluding hydrogens is 378 g/mol. The molecule has 0 saturated carbocycles. The van der Waals surface area contributed by atoms with E-state index in [0.29, 0.717) is 23.9 Å². The summed E-state index contributed by atoms with van der Waals surface area (Å²) in [7, 11) is 0. The van der Waals surface area contributed by atoms with Crippen molar-refractivity contribution in [3.05, 3.63) is 74.9 Å². The van der Waals surface area contributed by atoms with E-state index in [1.54, 1.807) is 29.2 Å². The highest BCUT2D eigenvalue weighted by Gasteiger charge is 2.20. The van der Waals surface area contributed by atoms with Gasteiger partial charge >= 0.3 is 5.69 Å². The van der Waals surface area contributed by atoms with Gasteiger partial charge in [-0.3, -0.25) is 18.7 Å². The SMILES string of the molecule is CCc1ccc(N(CC)C(=O)Cn2c(=O)n(C(C)CC)c(=O)c3ccccc32)cc1. The molecule has 6 nitrogen and oxygen atoms in total. The molecule has 3 rings (SSSR count). The Kier molecular flexibility index (Phi) is 6.55. The zero-order valence-electron chi connectivity index (χ0n) is 18.1.